The number of amides is 2. The van der Waals surface area contributed by atoms with Crippen LogP contribution in [-0.4, -0.2) is 42.6 Å². The maximum absolute atomic E-state index is 13.3. The first-order chi connectivity index (χ1) is 17.4. The van der Waals surface area contributed by atoms with Crippen LogP contribution in [0.25, 0.3) is 0 Å². The van der Waals surface area contributed by atoms with Gasteiger partial charge >= 0.3 is 6.03 Å². The molecule has 0 bridgehead atoms. The molecule has 3 aromatic carbocycles. The topological polar surface area (TPSA) is 32.3 Å². The van der Waals surface area contributed by atoms with E-state index in [0.717, 1.165) is 36.0 Å². The number of rotatable bonds is 10. The summed E-state index contributed by atoms with van der Waals surface area (Å²) in [6.45, 7) is 11.7. The van der Waals surface area contributed by atoms with Gasteiger partial charge in [0.1, 0.15) is 6.54 Å². The van der Waals surface area contributed by atoms with Crippen LogP contribution in [0.15, 0.2) is 54.6 Å². The second kappa shape index (κ2) is 14.4. The van der Waals surface area contributed by atoms with E-state index in [1.165, 1.54) is 27.8 Å². The lowest BCUT2D eigenvalue weighted by atomic mass is 10.1. The number of carbonyl (C=O) groups excluding carboxylic acids is 1. The van der Waals surface area contributed by atoms with E-state index >= 15 is 0 Å². The number of anilines is 1. The monoisotopic (exact) mass is 619 g/mol. The molecule has 2 amide bonds. The third-order valence-corrected chi connectivity index (χ3v) is 7.19. The largest absolute Gasteiger partial charge is 1.00 e. The molecule has 0 aliphatic rings. The van der Waals surface area contributed by atoms with Gasteiger partial charge in [0, 0.05) is 24.3 Å². The van der Waals surface area contributed by atoms with Gasteiger partial charge in [-0.2, -0.15) is 0 Å². The highest BCUT2D eigenvalue weighted by Gasteiger charge is 2.19. The summed E-state index contributed by atoms with van der Waals surface area (Å²) >= 11 is 12.2. The molecule has 0 atom stereocenters. The van der Waals surface area contributed by atoms with E-state index in [2.05, 4.69) is 83.5 Å². The van der Waals surface area contributed by atoms with Gasteiger partial charge in [0.25, 0.3) is 0 Å². The van der Waals surface area contributed by atoms with Crippen LogP contribution in [-0.2, 0) is 13.1 Å². The molecule has 1 N–H and O–H groups in total. The van der Waals surface area contributed by atoms with Crippen molar-refractivity contribution in [1.82, 2.24) is 4.90 Å². The van der Waals surface area contributed by atoms with Crippen molar-refractivity contribution >= 4 is 34.9 Å². The van der Waals surface area contributed by atoms with Crippen LogP contribution < -0.4 is 22.3 Å². The molecule has 3 rings (SSSR count). The Balaban J connectivity index is 0.00000507. The molecule has 0 fully saturated rings. The highest BCUT2D eigenvalue weighted by Crippen LogP contribution is 2.25. The number of quaternary nitrogens is 1. The number of hydrogen-bond acceptors (Lipinski definition) is 1. The Kier molecular flexibility index (Phi) is 12.2. The molecule has 4 nitrogen and oxygen atoms in total. The van der Waals surface area contributed by atoms with Crippen molar-refractivity contribution in [3.05, 3.63) is 98.0 Å². The Morgan fingerprint density at radius 3 is 1.89 bits per heavy atom. The molecule has 7 heteroatoms. The highest BCUT2D eigenvalue weighted by molar-refractivity contribution is 6.42. The molecule has 206 valence electrons. The average Bonchev–Trinajstić information content (AvgIpc) is 2.76. The van der Waals surface area contributed by atoms with E-state index in [-0.39, 0.29) is 23.0 Å². The highest BCUT2D eigenvalue weighted by atomic mass is 79.9. The fourth-order valence-corrected chi connectivity index (χ4v) is 5.28. The summed E-state index contributed by atoms with van der Waals surface area (Å²) in [6.07, 6.45) is 1.95. The molecular weight excluding hydrogens is 581 g/mol. The number of aryl methyl sites for hydroxylation is 4. The minimum absolute atomic E-state index is 0. The maximum Gasteiger partial charge on any atom is 0.322 e. The zero-order chi connectivity index (χ0) is 27.2. The van der Waals surface area contributed by atoms with E-state index in [4.69, 9.17) is 23.2 Å². The maximum atomic E-state index is 13.3. The zero-order valence-corrected chi connectivity index (χ0v) is 26.5. The smallest absolute Gasteiger partial charge is 0.322 e. The van der Waals surface area contributed by atoms with Crippen molar-refractivity contribution in [2.75, 3.05) is 32.5 Å². The zero-order valence-electron chi connectivity index (χ0n) is 23.4. The van der Waals surface area contributed by atoms with Crippen LogP contribution in [0.3, 0.4) is 0 Å². The van der Waals surface area contributed by atoms with Crippen LogP contribution in [0.2, 0.25) is 10.0 Å². The molecule has 0 spiro atoms. The number of nitrogens with zero attached hydrogens (tertiary/aromatic N) is 2. The van der Waals surface area contributed by atoms with Gasteiger partial charge in [-0.15, -0.1) is 0 Å². The number of hydrogen-bond donors (Lipinski definition) is 1. The van der Waals surface area contributed by atoms with E-state index in [1.807, 2.05) is 4.90 Å². The summed E-state index contributed by atoms with van der Waals surface area (Å²) in [6, 6.07) is 18.3. The molecule has 0 saturated heterocycles. The van der Waals surface area contributed by atoms with Gasteiger partial charge < -0.3 is 31.7 Å². The van der Waals surface area contributed by atoms with Crippen molar-refractivity contribution in [3.63, 3.8) is 0 Å². The Bertz CT molecular complexity index is 1210. The second-order valence-electron chi connectivity index (χ2n) is 11.0. The molecule has 3 aromatic rings. The first-order valence-corrected chi connectivity index (χ1v) is 13.6. The Hall–Kier alpha value is -2.05. The van der Waals surface area contributed by atoms with Gasteiger partial charge in [-0.1, -0.05) is 81.9 Å². The molecule has 0 saturated carbocycles. The molecule has 0 aliphatic carbocycles. The van der Waals surface area contributed by atoms with Crippen molar-refractivity contribution < 1.29 is 26.3 Å². The van der Waals surface area contributed by atoms with Gasteiger partial charge in [-0.05, 0) is 64.3 Å². The molecule has 0 heterocycles. The SMILES string of the molecule is Cc1cc(C)cc(CN(CCCC[N+](C)(C)Cc2cc(C)cc(C)c2)C(=O)Nc2ccc(Cl)c(Cl)c2)c1.[Br-]. The van der Waals surface area contributed by atoms with Crippen LogP contribution in [0.1, 0.15) is 46.2 Å². The number of carbonyl (C=O) groups is 1. The number of urea groups is 1. The minimum Gasteiger partial charge on any atom is -1.00 e. The predicted octanol–water partition coefficient (Wildman–Crippen LogP) is 5.32. The first-order valence-electron chi connectivity index (χ1n) is 12.9. The summed E-state index contributed by atoms with van der Waals surface area (Å²) in [7, 11) is 4.56. The molecular formula is C31H40BrCl2N3O. The third kappa shape index (κ3) is 10.3. The molecule has 0 unspecified atom stereocenters. The summed E-state index contributed by atoms with van der Waals surface area (Å²) in [5.74, 6) is 0. The van der Waals surface area contributed by atoms with Crippen molar-refractivity contribution in [1.29, 1.82) is 0 Å². The van der Waals surface area contributed by atoms with Gasteiger partial charge in [-0.25, -0.2) is 4.79 Å². The summed E-state index contributed by atoms with van der Waals surface area (Å²) in [5, 5.41) is 3.89. The minimum atomic E-state index is -0.137. The fourth-order valence-electron chi connectivity index (χ4n) is 4.99. The molecule has 0 aliphatic heterocycles. The van der Waals surface area contributed by atoms with Crippen LogP contribution in [0.4, 0.5) is 10.5 Å². The number of benzene rings is 3. The lowest BCUT2D eigenvalue weighted by molar-refractivity contribution is -0.903. The Labute approximate surface area is 249 Å². The van der Waals surface area contributed by atoms with Gasteiger partial charge in [0.15, 0.2) is 0 Å². The number of halogens is 3. The van der Waals surface area contributed by atoms with E-state index in [1.54, 1.807) is 18.2 Å². The van der Waals surface area contributed by atoms with Crippen molar-refractivity contribution in [2.45, 2.75) is 53.6 Å². The quantitative estimate of drug-likeness (QED) is 0.241. The summed E-state index contributed by atoms with van der Waals surface area (Å²) in [4.78, 5) is 15.2. The van der Waals surface area contributed by atoms with Crippen molar-refractivity contribution in [2.24, 2.45) is 0 Å². The standard InChI is InChI=1S/C31H39Cl2N3O.BrH/c1-22-13-23(2)16-26(15-22)20-35(31(37)34-28-9-10-29(32)30(33)19-28)11-7-8-12-36(5,6)21-27-17-24(3)14-25(4)18-27;/h9-10,13-19H,7-8,11-12,20-21H2,1-6H3;1H. The van der Waals surface area contributed by atoms with E-state index in [0.29, 0.717) is 28.8 Å². The van der Waals surface area contributed by atoms with Gasteiger partial charge in [0.05, 0.1) is 30.7 Å². The predicted molar refractivity (Wildman–Crippen MR) is 158 cm³/mol. The van der Waals surface area contributed by atoms with Crippen LogP contribution in [0, 0.1) is 27.7 Å². The normalized spacial score (nSPS) is 11.2. The number of nitrogens with one attached hydrogen (secondary N) is 1. The Morgan fingerprint density at radius 1 is 0.789 bits per heavy atom. The van der Waals surface area contributed by atoms with Gasteiger partial charge in [-0.3, -0.25) is 0 Å². The second-order valence-corrected chi connectivity index (χ2v) is 11.8. The average molecular weight is 621 g/mol. The third-order valence-electron chi connectivity index (χ3n) is 6.45. The lowest BCUT2D eigenvalue weighted by Gasteiger charge is -2.31. The van der Waals surface area contributed by atoms with Crippen molar-refractivity contribution in [3.8, 4) is 0 Å². The van der Waals surface area contributed by atoms with E-state index in [9.17, 15) is 4.79 Å². The molecule has 38 heavy (non-hydrogen) atoms. The summed E-state index contributed by atoms with van der Waals surface area (Å²) in [5.41, 5.74) is 8.16. The molecule has 0 aromatic heterocycles. The van der Waals surface area contributed by atoms with Gasteiger partial charge in [0.2, 0.25) is 0 Å². The van der Waals surface area contributed by atoms with Crippen LogP contribution in [0.5, 0.6) is 0 Å². The summed E-state index contributed by atoms with van der Waals surface area (Å²) < 4.78 is 0.912. The van der Waals surface area contributed by atoms with E-state index < -0.39 is 0 Å². The molecule has 0 radical (unpaired) electrons. The Morgan fingerprint density at radius 2 is 1.34 bits per heavy atom. The number of unbranched alkanes of at least 4 members (excludes halogenated alkanes) is 1. The van der Waals surface area contributed by atoms with Crippen LogP contribution >= 0.6 is 23.2 Å². The fraction of sp³-hybridized carbons (Fsp3) is 0.387. The lowest BCUT2D eigenvalue weighted by Crippen LogP contribution is -3.00. The first kappa shape index (κ1) is 32.2.